The van der Waals surface area contributed by atoms with Crippen LogP contribution in [-0.2, 0) is 9.53 Å². The van der Waals surface area contributed by atoms with E-state index in [1.165, 1.54) is 18.4 Å². The summed E-state index contributed by atoms with van der Waals surface area (Å²) < 4.78 is 11.7. The van der Waals surface area contributed by atoms with Crippen molar-refractivity contribution in [3.8, 4) is 5.75 Å². The smallest absolute Gasteiger partial charge is 0.217 e. The molecular formula is C21H29NO3. The van der Waals surface area contributed by atoms with Crippen molar-refractivity contribution < 1.29 is 14.3 Å². The lowest BCUT2D eigenvalue weighted by Gasteiger charge is -2.53. The number of hydrogen-bond acceptors (Lipinski definition) is 3. The second-order valence-electron chi connectivity index (χ2n) is 8.75. The molecule has 1 heterocycles. The quantitative estimate of drug-likeness (QED) is 0.910. The largest absolute Gasteiger partial charge is 0.497 e. The van der Waals surface area contributed by atoms with Crippen LogP contribution in [0.4, 0.5) is 0 Å². The van der Waals surface area contributed by atoms with Gasteiger partial charge in [-0.1, -0.05) is 26.0 Å². The third kappa shape index (κ3) is 2.41. The molecule has 3 fully saturated rings. The molecule has 4 rings (SSSR count). The Morgan fingerprint density at radius 3 is 2.88 bits per heavy atom. The molecule has 1 aromatic rings. The number of carbonyl (C=O) groups is 1. The first-order chi connectivity index (χ1) is 11.9. The Labute approximate surface area is 150 Å². The second kappa shape index (κ2) is 5.73. The molecule has 25 heavy (non-hydrogen) atoms. The van der Waals surface area contributed by atoms with E-state index < -0.39 is 0 Å². The van der Waals surface area contributed by atoms with Crippen molar-refractivity contribution in [1.29, 1.82) is 0 Å². The van der Waals surface area contributed by atoms with E-state index in [0.29, 0.717) is 11.8 Å². The van der Waals surface area contributed by atoms with Gasteiger partial charge in [0.25, 0.3) is 0 Å². The minimum atomic E-state index is 0.0863. The fourth-order valence-electron chi connectivity index (χ4n) is 6.14. The van der Waals surface area contributed by atoms with E-state index >= 15 is 0 Å². The number of amides is 1. The number of methoxy groups -OCH3 is 1. The lowest BCUT2D eigenvalue weighted by atomic mass is 9.59. The number of ether oxygens (including phenoxy) is 2. The molecule has 2 aliphatic carbocycles. The molecule has 1 amide bonds. The van der Waals surface area contributed by atoms with Gasteiger partial charge in [-0.25, -0.2) is 0 Å². The molecule has 1 aromatic carbocycles. The summed E-state index contributed by atoms with van der Waals surface area (Å²) in [6.45, 7) is 7.07. The van der Waals surface area contributed by atoms with Gasteiger partial charge in [-0.05, 0) is 59.6 Å². The van der Waals surface area contributed by atoms with Gasteiger partial charge >= 0.3 is 0 Å². The topological polar surface area (TPSA) is 47.6 Å². The number of rotatable bonds is 3. The Bertz CT molecular complexity index is 685. The summed E-state index contributed by atoms with van der Waals surface area (Å²) in [6, 6.07) is 8.51. The first kappa shape index (κ1) is 16.9. The van der Waals surface area contributed by atoms with Crippen molar-refractivity contribution in [3.05, 3.63) is 29.8 Å². The second-order valence-corrected chi connectivity index (χ2v) is 8.75. The summed E-state index contributed by atoms with van der Waals surface area (Å²) in [5, 5.41) is 3.33. The van der Waals surface area contributed by atoms with E-state index in [-0.39, 0.29) is 28.9 Å². The highest BCUT2D eigenvalue weighted by Gasteiger charge is 2.68. The molecule has 1 unspecified atom stereocenters. The van der Waals surface area contributed by atoms with Gasteiger partial charge < -0.3 is 14.8 Å². The first-order valence-electron chi connectivity index (χ1n) is 9.41. The summed E-state index contributed by atoms with van der Waals surface area (Å²) in [7, 11) is 1.70. The number of carbonyl (C=O) groups excluding carboxylic acids is 1. The molecule has 0 aromatic heterocycles. The third-order valence-corrected chi connectivity index (χ3v) is 7.27. The normalized spacial score (nSPS) is 38.2. The zero-order valence-corrected chi connectivity index (χ0v) is 15.7. The fraction of sp³-hybridized carbons (Fsp3) is 0.667. The minimum absolute atomic E-state index is 0.0863. The number of benzene rings is 1. The minimum Gasteiger partial charge on any atom is -0.497 e. The van der Waals surface area contributed by atoms with Crippen LogP contribution in [0.5, 0.6) is 5.75 Å². The summed E-state index contributed by atoms with van der Waals surface area (Å²) in [5.74, 6) is 2.07. The van der Waals surface area contributed by atoms with Crippen LogP contribution < -0.4 is 10.1 Å². The predicted octanol–water partition coefficient (Wildman–Crippen LogP) is 3.71. The molecule has 0 radical (unpaired) electrons. The first-order valence-corrected chi connectivity index (χ1v) is 9.41. The molecule has 1 saturated heterocycles. The van der Waals surface area contributed by atoms with Crippen molar-refractivity contribution in [1.82, 2.24) is 5.32 Å². The van der Waals surface area contributed by atoms with E-state index in [9.17, 15) is 4.79 Å². The molecule has 2 saturated carbocycles. The number of nitrogens with one attached hydrogen (secondary N) is 1. The van der Waals surface area contributed by atoms with Gasteiger partial charge in [-0.2, -0.15) is 0 Å². The summed E-state index contributed by atoms with van der Waals surface area (Å²) >= 11 is 0. The van der Waals surface area contributed by atoms with E-state index in [2.05, 4.69) is 31.3 Å². The Morgan fingerprint density at radius 2 is 2.16 bits per heavy atom. The van der Waals surface area contributed by atoms with Gasteiger partial charge in [0.15, 0.2) is 0 Å². The standard InChI is InChI=1S/C21H29NO3/c1-13(23)22-19-20(2,3)15-11-17-18(25-9-8-21(17,19)12-15)14-6-5-7-16(10-14)24-4/h5-7,10,15,17-19H,8-9,11-12H2,1-4H3,(H,22,23)/t15-,17-,18-,19+,21?/m1/s1. The van der Waals surface area contributed by atoms with Crippen LogP contribution in [-0.4, -0.2) is 25.7 Å². The van der Waals surface area contributed by atoms with Crippen molar-refractivity contribution >= 4 is 5.91 Å². The van der Waals surface area contributed by atoms with Gasteiger partial charge in [0.1, 0.15) is 5.75 Å². The SMILES string of the molecule is COc1cccc([C@H]2OCCC34C[C@@H](C[C@H]23)C(C)(C)[C@@H]4NC(C)=O)c1. The highest BCUT2D eigenvalue weighted by atomic mass is 16.5. The lowest BCUT2D eigenvalue weighted by Crippen LogP contribution is -2.58. The Balaban J connectivity index is 1.71. The van der Waals surface area contributed by atoms with Gasteiger partial charge in [0, 0.05) is 19.6 Å². The maximum atomic E-state index is 11.9. The molecule has 5 atom stereocenters. The van der Waals surface area contributed by atoms with Crippen LogP contribution in [0, 0.1) is 22.7 Å². The lowest BCUT2D eigenvalue weighted by molar-refractivity contribution is -0.136. The van der Waals surface area contributed by atoms with Gasteiger partial charge in [-0.15, -0.1) is 0 Å². The van der Waals surface area contributed by atoms with Gasteiger partial charge in [0.05, 0.1) is 13.2 Å². The maximum absolute atomic E-state index is 11.9. The highest BCUT2D eigenvalue weighted by molar-refractivity contribution is 5.73. The highest BCUT2D eigenvalue weighted by Crippen LogP contribution is 2.70. The zero-order valence-electron chi connectivity index (χ0n) is 15.7. The molecule has 2 bridgehead atoms. The average molecular weight is 343 g/mol. The Hall–Kier alpha value is -1.55. The molecular weight excluding hydrogens is 314 g/mol. The fourth-order valence-corrected chi connectivity index (χ4v) is 6.14. The Morgan fingerprint density at radius 1 is 1.36 bits per heavy atom. The van der Waals surface area contributed by atoms with Crippen LogP contribution in [0.1, 0.15) is 51.7 Å². The summed E-state index contributed by atoms with van der Waals surface area (Å²) in [4.78, 5) is 11.9. The summed E-state index contributed by atoms with van der Waals surface area (Å²) in [5.41, 5.74) is 1.51. The van der Waals surface area contributed by atoms with Crippen LogP contribution >= 0.6 is 0 Å². The Kier molecular flexibility index (Phi) is 3.87. The van der Waals surface area contributed by atoms with Crippen molar-refractivity contribution in [3.63, 3.8) is 0 Å². The molecule has 136 valence electrons. The van der Waals surface area contributed by atoms with Crippen molar-refractivity contribution in [2.75, 3.05) is 13.7 Å². The number of fused-ring (bicyclic) bond motifs is 1. The average Bonchev–Trinajstić information content (AvgIpc) is 3.07. The van der Waals surface area contributed by atoms with Crippen LogP contribution in [0.15, 0.2) is 24.3 Å². The van der Waals surface area contributed by atoms with Crippen LogP contribution in [0.25, 0.3) is 0 Å². The monoisotopic (exact) mass is 343 g/mol. The van der Waals surface area contributed by atoms with E-state index in [1.54, 1.807) is 14.0 Å². The third-order valence-electron chi connectivity index (χ3n) is 7.27. The zero-order chi connectivity index (χ0) is 17.8. The molecule has 4 heteroatoms. The van der Waals surface area contributed by atoms with Crippen molar-refractivity contribution in [2.24, 2.45) is 22.7 Å². The molecule has 3 aliphatic rings. The van der Waals surface area contributed by atoms with Crippen LogP contribution in [0.2, 0.25) is 0 Å². The predicted molar refractivity (Wildman–Crippen MR) is 96.3 cm³/mol. The maximum Gasteiger partial charge on any atom is 0.217 e. The van der Waals surface area contributed by atoms with Crippen molar-refractivity contribution in [2.45, 2.75) is 52.2 Å². The summed E-state index contributed by atoms with van der Waals surface area (Å²) in [6.07, 6.45) is 3.54. The van der Waals surface area contributed by atoms with E-state index in [0.717, 1.165) is 18.8 Å². The van der Waals surface area contributed by atoms with E-state index in [1.807, 2.05) is 12.1 Å². The van der Waals surface area contributed by atoms with Crippen LogP contribution in [0.3, 0.4) is 0 Å². The van der Waals surface area contributed by atoms with Gasteiger partial charge in [-0.3, -0.25) is 4.79 Å². The molecule has 4 nitrogen and oxygen atoms in total. The van der Waals surface area contributed by atoms with E-state index in [4.69, 9.17) is 9.47 Å². The molecule has 1 aliphatic heterocycles. The molecule has 1 N–H and O–H groups in total. The molecule has 1 spiro atoms. The van der Waals surface area contributed by atoms with Gasteiger partial charge in [0.2, 0.25) is 5.91 Å². The number of hydrogen-bond donors (Lipinski definition) is 1.